The Kier molecular flexibility index (Phi) is 6.93. The standard InChI is InChI=1S/C25H24FN3O4S/c26-20-7-13-23(14-8-20)34(32,33)28-21-9-3-18(4-10-21)16-24(30)27-17-19-5-11-22(12-6-19)29-15-1-2-25(29)31/h3-14,28H,1-2,15-17H2,(H,27,30). The second kappa shape index (κ2) is 10.0. The van der Waals surface area contributed by atoms with E-state index < -0.39 is 15.8 Å². The highest BCUT2D eigenvalue weighted by Gasteiger charge is 2.21. The van der Waals surface area contributed by atoms with Crippen LogP contribution in [0.2, 0.25) is 0 Å². The maximum absolute atomic E-state index is 13.0. The van der Waals surface area contributed by atoms with Crippen LogP contribution in [0.3, 0.4) is 0 Å². The molecule has 176 valence electrons. The lowest BCUT2D eigenvalue weighted by Gasteiger charge is -2.16. The quantitative estimate of drug-likeness (QED) is 0.514. The number of hydrogen-bond acceptors (Lipinski definition) is 4. The van der Waals surface area contributed by atoms with Crippen molar-refractivity contribution in [2.45, 2.75) is 30.7 Å². The summed E-state index contributed by atoms with van der Waals surface area (Å²) in [6.07, 6.45) is 1.60. The minimum Gasteiger partial charge on any atom is -0.352 e. The number of sulfonamides is 1. The third-order valence-corrected chi connectivity index (χ3v) is 6.90. The molecule has 3 aromatic carbocycles. The second-order valence-corrected chi connectivity index (χ2v) is 9.71. The van der Waals surface area contributed by atoms with E-state index >= 15 is 0 Å². The van der Waals surface area contributed by atoms with Gasteiger partial charge >= 0.3 is 0 Å². The normalized spacial score (nSPS) is 13.7. The largest absolute Gasteiger partial charge is 0.352 e. The van der Waals surface area contributed by atoms with Crippen LogP contribution in [0, 0.1) is 5.82 Å². The summed E-state index contributed by atoms with van der Waals surface area (Å²) in [5, 5.41) is 2.86. The molecule has 0 saturated carbocycles. The summed E-state index contributed by atoms with van der Waals surface area (Å²) >= 11 is 0. The van der Waals surface area contributed by atoms with Gasteiger partial charge in [0.1, 0.15) is 5.82 Å². The Morgan fingerprint density at radius 1 is 0.912 bits per heavy atom. The fourth-order valence-corrected chi connectivity index (χ4v) is 4.74. The van der Waals surface area contributed by atoms with Crippen LogP contribution in [0.25, 0.3) is 0 Å². The van der Waals surface area contributed by atoms with Gasteiger partial charge < -0.3 is 10.2 Å². The average Bonchev–Trinajstić information content (AvgIpc) is 3.25. The molecule has 2 amide bonds. The van der Waals surface area contributed by atoms with Crippen molar-refractivity contribution in [3.63, 3.8) is 0 Å². The molecule has 7 nitrogen and oxygen atoms in total. The van der Waals surface area contributed by atoms with Crippen LogP contribution in [0.5, 0.6) is 0 Å². The van der Waals surface area contributed by atoms with Gasteiger partial charge in [-0.15, -0.1) is 0 Å². The molecule has 0 aliphatic carbocycles. The Labute approximate surface area is 197 Å². The Hall–Kier alpha value is -3.72. The number of hydrogen-bond donors (Lipinski definition) is 2. The van der Waals surface area contributed by atoms with Crippen LogP contribution in [0.15, 0.2) is 77.7 Å². The zero-order valence-corrected chi connectivity index (χ0v) is 19.1. The molecule has 0 spiro atoms. The molecule has 0 aromatic heterocycles. The zero-order chi connectivity index (χ0) is 24.1. The molecule has 3 aromatic rings. The summed E-state index contributed by atoms with van der Waals surface area (Å²) in [5.74, 6) is -0.550. The van der Waals surface area contributed by atoms with Crippen molar-refractivity contribution in [2.24, 2.45) is 0 Å². The van der Waals surface area contributed by atoms with E-state index in [1.165, 1.54) is 12.1 Å². The molecular formula is C25H24FN3O4S. The van der Waals surface area contributed by atoms with Gasteiger partial charge in [0.25, 0.3) is 10.0 Å². The van der Waals surface area contributed by atoms with Gasteiger partial charge in [-0.05, 0) is 66.1 Å². The Morgan fingerprint density at radius 2 is 1.56 bits per heavy atom. The van der Waals surface area contributed by atoms with Crippen molar-refractivity contribution < 1.29 is 22.4 Å². The first-order valence-corrected chi connectivity index (χ1v) is 12.3. The lowest BCUT2D eigenvalue weighted by molar-refractivity contribution is -0.120. The number of amides is 2. The van der Waals surface area contributed by atoms with Crippen LogP contribution in [0.4, 0.5) is 15.8 Å². The number of nitrogens with one attached hydrogen (secondary N) is 2. The molecule has 1 saturated heterocycles. The third kappa shape index (κ3) is 5.79. The molecule has 9 heteroatoms. The summed E-state index contributed by atoms with van der Waals surface area (Å²) in [4.78, 5) is 25.9. The van der Waals surface area contributed by atoms with Gasteiger partial charge in [0.15, 0.2) is 0 Å². The molecule has 1 heterocycles. The van der Waals surface area contributed by atoms with Gasteiger partial charge in [-0.2, -0.15) is 0 Å². The van der Waals surface area contributed by atoms with E-state index in [0.717, 1.165) is 41.9 Å². The van der Waals surface area contributed by atoms with Gasteiger partial charge in [0.05, 0.1) is 11.3 Å². The molecule has 1 aliphatic heterocycles. The molecule has 0 unspecified atom stereocenters. The first-order chi connectivity index (χ1) is 16.3. The average molecular weight is 482 g/mol. The second-order valence-electron chi connectivity index (χ2n) is 8.03. The molecule has 2 N–H and O–H groups in total. The van der Waals surface area contributed by atoms with Crippen molar-refractivity contribution in [2.75, 3.05) is 16.2 Å². The molecule has 1 aliphatic rings. The van der Waals surface area contributed by atoms with E-state index in [1.807, 2.05) is 24.3 Å². The summed E-state index contributed by atoms with van der Waals surface area (Å²) in [5.41, 5.74) is 2.86. The number of carbonyl (C=O) groups is 2. The van der Waals surface area contributed by atoms with E-state index in [2.05, 4.69) is 10.0 Å². The molecular weight excluding hydrogens is 457 g/mol. The fraction of sp³-hybridized carbons (Fsp3) is 0.200. The van der Waals surface area contributed by atoms with Crippen LogP contribution in [0.1, 0.15) is 24.0 Å². The van der Waals surface area contributed by atoms with Crippen LogP contribution >= 0.6 is 0 Å². The predicted molar refractivity (Wildman–Crippen MR) is 127 cm³/mol. The highest BCUT2D eigenvalue weighted by atomic mass is 32.2. The topological polar surface area (TPSA) is 95.6 Å². The lowest BCUT2D eigenvalue weighted by atomic mass is 10.1. The van der Waals surface area contributed by atoms with Gasteiger partial charge in [-0.1, -0.05) is 24.3 Å². The highest BCUT2D eigenvalue weighted by molar-refractivity contribution is 7.92. The van der Waals surface area contributed by atoms with Crippen molar-refractivity contribution in [3.05, 3.63) is 89.7 Å². The maximum Gasteiger partial charge on any atom is 0.261 e. The number of carbonyl (C=O) groups excluding carboxylic acids is 2. The van der Waals surface area contributed by atoms with Gasteiger partial charge in [-0.25, -0.2) is 12.8 Å². The Morgan fingerprint density at radius 3 is 2.18 bits per heavy atom. The zero-order valence-electron chi connectivity index (χ0n) is 18.3. The molecule has 34 heavy (non-hydrogen) atoms. The number of benzene rings is 3. The van der Waals surface area contributed by atoms with Crippen LogP contribution < -0.4 is 14.9 Å². The predicted octanol–water partition coefficient (Wildman–Crippen LogP) is 3.61. The first kappa shape index (κ1) is 23.4. The van der Waals surface area contributed by atoms with Crippen LogP contribution in [-0.4, -0.2) is 26.8 Å². The highest BCUT2D eigenvalue weighted by Crippen LogP contribution is 2.22. The number of nitrogens with zero attached hydrogens (tertiary/aromatic N) is 1. The number of halogens is 1. The summed E-state index contributed by atoms with van der Waals surface area (Å²) in [7, 11) is -3.83. The fourth-order valence-electron chi connectivity index (χ4n) is 3.68. The van der Waals surface area contributed by atoms with Gasteiger partial charge in [-0.3, -0.25) is 14.3 Å². The van der Waals surface area contributed by atoms with Crippen molar-refractivity contribution in [1.29, 1.82) is 0 Å². The van der Waals surface area contributed by atoms with Crippen molar-refractivity contribution >= 4 is 33.2 Å². The van der Waals surface area contributed by atoms with Crippen molar-refractivity contribution in [3.8, 4) is 0 Å². The van der Waals surface area contributed by atoms with E-state index in [4.69, 9.17) is 0 Å². The van der Waals surface area contributed by atoms with E-state index in [-0.39, 0.29) is 23.1 Å². The number of anilines is 2. The first-order valence-electron chi connectivity index (χ1n) is 10.8. The van der Waals surface area contributed by atoms with Gasteiger partial charge in [0.2, 0.25) is 11.8 Å². The number of rotatable bonds is 8. The van der Waals surface area contributed by atoms with Gasteiger partial charge in [0, 0.05) is 30.9 Å². The summed E-state index contributed by atoms with van der Waals surface area (Å²) < 4.78 is 40.2. The molecule has 1 fully saturated rings. The Balaban J connectivity index is 1.28. The maximum atomic E-state index is 13.0. The minimum atomic E-state index is -3.83. The van der Waals surface area contributed by atoms with Crippen molar-refractivity contribution in [1.82, 2.24) is 5.32 Å². The van der Waals surface area contributed by atoms with E-state index in [9.17, 15) is 22.4 Å². The Bertz CT molecular complexity index is 1280. The summed E-state index contributed by atoms with van der Waals surface area (Å²) in [6.45, 7) is 1.10. The smallest absolute Gasteiger partial charge is 0.261 e. The molecule has 0 radical (unpaired) electrons. The SMILES string of the molecule is O=C(Cc1ccc(NS(=O)(=O)c2ccc(F)cc2)cc1)NCc1ccc(N2CCCC2=O)cc1. The van der Waals surface area contributed by atoms with E-state index in [0.29, 0.717) is 18.7 Å². The van der Waals surface area contributed by atoms with Crippen LogP contribution in [-0.2, 0) is 32.6 Å². The lowest BCUT2D eigenvalue weighted by Crippen LogP contribution is -2.25. The molecule has 0 bridgehead atoms. The summed E-state index contributed by atoms with van der Waals surface area (Å²) in [6, 6.07) is 18.6. The molecule has 0 atom stereocenters. The monoisotopic (exact) mass is 481 g/mol. The molecule has 4 rings (SSSR count). The minimum absolute atomic E-state index is 0.0441. The third-order valence-electron chi connectivity index (χ3n) is 5.51. The van der Waals surface area contributed by atoms with E-state index in [1.54, 1.807) is 29.2 Å².